The highest BCUT2D eigenvalue weighted by molar-refractivity contribution is 6.74. The Balaban J connectivity index is 1.63. The SMILES string of the molecule is COC(=O)C1CN(c2nc(C=CCO[Si](C)(C)C(C)(C)C)cn(-c3ccc(-c4ncccn4)cc3)c2=O)C1. The predicted octanol–water partition coefficient (Wildman–Crippen LogP) is 4.33. The van der Waals surface area contributed by atoms with Gasteiger partial charge in [-0.3, -0.25) is 14.2 Å². The molecule has 1 aliphatic heterocycles. The van der Waals surface area contributed by atoms with Crippen molar-refractivity contribution in [2.75, 3.05) is 31.7 Å². The third-order valence-electron chi connectivity index (χ3n) is 7.23. The summed E-state index contributed by atoms with van der Waals surface area (Å²) in [6.07, 6.45) is 8.91. The summed E-state index contributed by atoms with van der Waals surface area (Å²) in [7, 11) is -0.513. The topological polar surface area (TPSA) is 99.4 Å². The lowest BCUT2D eigenvalue weighted by Crippen LogP contribution is -2.53. The summed E-state index contributed by atoms with van der Waals surface area (Å²) in [6, 6.07) is 9.26. The normalized spacial score (nSPS) is 14.5. The lowest BCUT2D eigenvalue weighted by Gasteiger charge is -2.37. The molecule has 4 rings (SSSR count). The summed E-state index contributed by atoms with van der Waals surface area (Å²) in [5.41, 5.74) is 1.90. The molecule has 0 spiro atoms. The predicted molar refractivity (Wildman–Crippen MR) is 151 cm³/mol. The number of ether oxygens (including phenoxy) is 1. The first kappa shape index (κ1) is 27.4. The molecule has 1 aromatic carbocycles. The summed E-state index contributed by atoms with van der Waals surface area (Å²) >= 11 is 0. The quantitative estimate of drug-likeness (QED) is 0.312. The summed E-state index contributed by atoms with van der Waals surface area (Å²) < 4.78 is 12.7. The highest BCUT2D eigenvalue weighted by Gasteiger charge is 2.37. The Labute approximate surface area is 224 Å². The molecule has 1 fully saturated rings. The van der Waals surface area contributed by atoms with Gasteiger partial charge in [0.1, 0.15) is 0 Å². The van der Waals surface area contributed by atoms with Crippen molar-refractivity contribution >= 4 is 26.2 Å². The first-order valence-electron chi connectivity index (χ1n) is 12.6. The van der Waals surface area contributed by atoms with Gasteiger partial charge in [0.15, 0.2) is 20.0 Å². The van der Waals surface area contributed by atoms with E-state index in [-0.39, 0.29) is 22.5 Å². The Hall–Kier alpha value is -3.63. The Kier molecular flexibility index (Phi) is 7.93. The molecule has 38 heavy (non-hydrogen) atoms. The van der Waals surface area contributed by atoms with Crippen molar-refractivity contribution in [3.63, 3.8) is 0 Å². The van der Waals surface area contributed by atoms with Crippen LogP contribution < -0.4 is 10.5 Å². The van der Waals surface area contributed by atoms with Crippen LogP contribution in [0.4, 0.5) is 5.82 Å². The maximum Gasteiger partial charge on any atom is 0.312 e. The first-order valence-corrected chi connectivity index (χ1v) is 15.6. The molecule has 0 radical (unpaired) electrons. The number of benzene rings is 1. The maximum absolute atomic E-state index is 13.5. The molecule has 0 bridgehead atoms. The van der Waals surface area contributed by atoms with Gasteiger partial charge in [0, 0.05) is 42.9 Å². The van der Waals surface area contributed by atoms with Gasteiger partial charge >= 0.3 is 5.97 Å². The monoisotopic (exact) mass is 533 g/mol. The van der Waals surface area contributed by atoms with E-state index in [4.69, 9.17) is 9.16 Å². The minimum Gasteiger partial charge on any atom is -0.469 e. The van der Waals surface area contributed by atoms with Crippen molar-refractivity contribution < 1.29 is 14.0 Å². The number of aromatic nitrogens is 4. The Bertz CT molecular complexity index is 1360. The van der Waals surface area contributed by atoms with Gasteiger partial charge in [0.2, 0.25) is 0 Å². The molecule has 3 aromatic rings. The lowest BCUT2D eigenvalue weighted by molar-refractivity contribution is -0.146. The van der Waals surface area contributed by atoms with Crippen LogP contribution in [0, 0.1) is 5.92 Å². The van der Waals surface area contributed by atoms with Crippen molar-refractivity contribution in [2.24, 2.45) is 5.92 Å². The molecule has 1 saturated heterocycles. The van der Waals surface area contributed by atoms with E-state index in [9.17, 15) is 9.59 Å². The van der Waals surface area contributed by atoms with Gasteiger partial charge in [-0.2, -0.15) is 0 Å². The van der Waals surface area contributed by atoms with Gasteiger partial charge in [0.25, 0.3) is 5.56 Å². The summed E-state index contributed by atoms with van der Waals surface area (Å²) in [6.45, 7) is 12.3. The van der Waals surface area contributed by atoms with Gasteiger partial charge in [-0.25, -0.2) is 15.0 Å². The average Bonchev–Trinajstić information content (AvgIpc) is 2.87. The first-order chi connectivity index (χ1) is 18.0. The molecule has 1 aliphatic rings. The molecule has 0 N–H and O–H groups in total. The van der Waals surface area contributed by atoms with Gasteiger partial charge < -0.3 is 14.1 Å². The largest absolute Gasteiger partial charge is 0.469 e. The Morgan fingerprint density at radius 1 is 1.13 bits per heavy atom. The maximum atomic E-state index is 13.5. The van der Waals surface area contributed by atoms with Crippen molar-refractivity contribution in [2.45, 2.75) is 38.9 Å². The third-order valence-corrected chi connectivity index (χ3v) is 11.7. The number of anilines is 1. The minimum absolute atomic E-state index is 0.115. The van der Waals surface area contributed by atoms with E-state index in [1.165, 1.54) is 7.11 Å². The number of esters is 1. The lowest BCUT2D eigenvalue weighted by atomic mass is 10.0. The fourth-order valence-electron chi connectivity index (χ4n) is 3.80. The molecular formula is C28H35N5O4Si. The van der Waals surface area contributed by atoms with Crippen LogP contribution >= 0.6 is 0 Å². The van der Waals surface area contributed by atoms with Crippen molar-refractivity contribution in [1.82, 2.24) is 19.5 Å². The average molecular weight is 534 g/mol. The van der Waals surface area contributed by atoms with Crippen LogP contribution in [0.5, 0.6) is 0 Å². The van der Waals surface area contributed by atoms with Crippen molar-refractivity contribution in [3.8, 4) is 17.1 Å². The number of carbonyl (C=O) groups excluding carboxylic acids is 1. The molecule has 0 amide bonds. The van der Waals surface area contributed by atoms with Gasteiger partial charge in [-0.05, 0) is 54.5 Å². The van der Waals surface area contributed by atoms with Gasteiger partial charge in [-0.15, -0.1) is 0 Å². The standard InChI is InChI=1S/C28H35N5O4Si/c1-28(2,3)38(5,6)37-16-7-9-22-19-33(23-12-10-20(11-13-23)24-29-14-8-15-30-24)26(34)25(31-22)32-17-21(18-32)27(35)36-4/h7-15,19,21H,16-18H2,1-6H3. The number of nitrogens with zero attached hydrogens (tertiary/aromatic N) is 5. The second-order valence-electron chi connectivity index (χ2n) is 10.9. The van der Waals surface area contributed by atoms with E-state index >= 15 is 0 Å². The highest BCUT2D eigenvalue weighted by atomic mass is 28.4. The Morgan fingerprint density at radius 3 is 2.39 bits per heavy atom. The molecule has 0 aliphatic carbocycles. The van der Waals surface area contributed by atoms with E-state index in [1.807, 2.05) is 41.3 Å². The van der Waals surface area contributed by atoms with Crippen LogP contribution in [0.15, 0.2) is 59.8 Å². The van der Waals surface area contributed by atoms with Crippen LogP contribution in [-0.4, -0.2) is 60.6 Å². The summed E-state index contributed by atoms with van der Waals surface area (Å²) in [5, 5.41) is 0.115. The smallest absolute Gasteiger partial charge is 0.312 e. The number of carbonyl (C=O) groups is 1. The van der Waals surface area contributed by atoms with E-state index in [2.05, 4.69) is 48.8 Å². The minimum atomic E-state index is -1.89. The Morgan fingerprint density at radius 2 is 1.79 bits per heavy atom. The molecule has 0 atom stereocenters. The summed E-state index contributed by atoms with van der Waals surface area (Å²) in [5.74, 6) is 0.366. The van der Waals surface area contributed by atoms with E-state index < -0.39 is 8.32 Å². The molecule has 0 saturated carbocycles. The zero-order valence-electron chi connectivity index (χ0n) is 22.8. The fourth-order valence-corrected chi connectivity index (χ4v) is 4.75. The fraction of sp³-hybridized carbons (Fsp3) is 0.393. The van der Waals surface area contributed by atoms with Crippen molar-refractivity contribution in [3.05, 3.63) is 71.0 Å². The van der Waals surface area contributed by atoms with E-state index in [1.54, 1.807) is 29.2 Å². The van der Waals surface area contributed by atoms with Crippen LogP contribution in [-0.2, 0) is 14.0 Å². The number of methoxy groups -OCH3 is 1. The zero-order chi connectivity index (χ0) is 27.5. The molecule has 200 valence electrons. The van der Waals surface area contributed by atoms with Crippen molar-refractivity contribution in [1.29, 1.82) is 0 Å². The van der Waals surface area contributed by atoms with E-state index in [0.29, 0.717) is 42.7 Å². The van der Waals surface area contributed by atoms with Crippen LogP contribution in [0.25, 0.3) is 23.2 Å². The summed E-state index contributed by atoms with van der Waals surface area (Å²) in [4.78, 5) is 40.4. The molecule has 0 unspecified atom stereocenters. The number of rotatable bonds is 8. The second kappa shape index (κ2) is 11.0. The van der Waals surface area contributed by atoms with E-state index in [0.717, 1.165) is 5.56 Å². The second-order valence-corrected chi connectivity index (χ2v) is 15.7. The third kappa shape index (κ3) is 5.92. The number of hydrogen-bond acceptors (Lipinski definition) is 8. The van der Waals surface area contributed by atoms with Gasteiger partial charge in [-0.1, -0.05) is 26.8 Å². The van der Waals surface area contributed by atoms with Gasteiger partial charge in [0.05, 0.1) is 25.3 Å². The van der Waals surface area contributed by atoms with Crippen LogP contribution in [0.3, 0.4) is 0 Å². The highest BCUT2D eigenvalue weighted by Crippen LogP contribution is 2.36. The zero-order valence-corrected chi connectivity index (χ0v) is 23.8. The molecule has 10 heteroatoms. The molecular weight excluding hydrogens is 498 g/mol. The molecule has 2 aromatic heterocycles. The molecule has 9 nitrogen and oxygen atoms in total. The van der Waals surface area contributed by atoms with Crippen LogP contribution in [0.2, 0.25) is 18.1 Å². The molecule has 3 heterocycles. The van der Waals surface area contributed by atoms with Crippen LogP contribution in [0.1, 0.15) is 26.5 Å². The number of hydrogen-bond donors (Lipinski definition) is 0.